The van der Waals surface area contributed by atoms with Gasteiger partial charge in [-0.25, -0.2) is 8.42 Å². The number of carbonyl (C=O) groups is 1. The number of anilines is 1. The lowest BCUT2D eigenvalue weighted by atomic mass is 10.1. The molecular weight excluding hydrogens is 376 g/mol. The van der Waals surface area contributed by atoms with Gasteiger partial charge in [0, 0.05) is 12.1 Å². The predicted octanol–water partition coefficient (Wildman–Crippen LogP) is 3.17. The van der Waals surface area contributed by atoms with E-state index in [2.05, 4.69) is 5.32 Å². The van der Waals surface area contributed by atoms with Gasteiger partial charge in [0.25, 0.3) is 0 Å². The lowest BCUT2D eigenvalue weighted by Gasteiger charge is -2.30. The van der Waals surface area contributed by atoms with Gasteiger partial charge in [-0.15, -0.1) is 0 Å². The molecule has 7 heteroatoms. The number of amides is 1. The largest absolute Gasteiger partial charge is 0.496 e. The molecule has 1 N–H and O–H groups in total. The number of methoxy groups -OCH3 is 1. The summed E-state index contributed by atoms with van der Waals surface area (Å²) in [6.07, 6.45) is 1.47. The number of benzene rings is 2. The molecule has 1 unspecified atom stereocenters. The van der Waals surface area contributed by atoms with Crippen molar-refractivity contribution in [2.75, 3.05) is 17.7 Å². The van der Waals surface area contributed by atoms with E-state index < -0.39 is 16.1 Å². The summed E-state index contributed by atoms with van der Waals surface area (Å²) < 4.78 is 31.6. The van der Waals surface area contributed by atoms with E-state index in [0.29, 0.717) is 17.9 Å². The Bertz CT molecular complexity index is 941. The van der Waals surface area contributed by atoms with Gasteiger partial charge in [0.2, 0.25) is 15.9 Å². The molecular formula is C21H28N2O4S. The summed E-state index contributed by atoms with van der Waals surface area (Å²) in [4.78, 5) is 12.9. The summed E-state index contributed by atoms with van der Waals surface area (Å²) in [6, 6.07) is 11.9. The van der Waals surface area contributed by atoms with Gasteiger partial charge in [-0.05, 0) is 49.6 Å². The maximum Gasteiger partial charge on any atom is 0.244 e. The van der Waals surface area contributed by atoms with E-state index in [4.69, 9.17) is 4.74 Å². The van der Waals surface area contributed by atoms with Crippen LogP contribution in [0.2, 0.25) is 0 Å². The molecule has 2 rings (SSSR count). The summed E-state index contributed by atoms with van der Waals surface area (Å²) in [5, 5.41) is 2.85. The highest BCUT2D eigenvalue weighted by atomic mass is 32.2. The van der Waals surface area contributed by atoms with E-state index in [1.807, 2.05) is 44.2 Å². The molecule has 0 aliphatic carbocycles. The smallest absolute Gasteiger partial charge is 0.244 e. The first-order valence-corrected chi connectivity index (χ1v) is 11.0. The molecule has 0 aromatic heterocycles. The number of hydrogen-bond acceptors (Lipinski definition) is 4. The number of rotatable bonds is 8. The molecule has 0 spiro atoms. The van der Waals surface area contributed by atoms with E-state index in [1.165, 1.54) is 4.31 Å². The Balaban J connectivity index is 2.30. The lowest BCUT2D eigenvalue weighted by Crippen LogP contribution is -2.49. The molecule has 6 nitrogen and oxygen atoms in total. The molecule has 152 valence electrons. The summed E-state index contributed by atoms with van der Waals surface area (Å²) in [7, 11) is -2.08. The van der Waals surface area contributed by atoms with Crippen molar-refractivity contribution in [3.05, 3.63) is 59.2 Å². The van der Waals surface area contributed by atoms with Crippen molar-refractivity contribution >= 4 is 21.6 Å². The molecule has 0 saturated heterocycles. The number of para-hydroxylation sites is 1. The Morgan fingerprint density at radius 2 is 1.82 bits per heavy atom. The Hall–Kier alpha value is -2.54. The van der Waals surface area contributed by atoms with Crippen LogP contribution in [0.4, 0.5) is 5.69 Å². The van der Waals surface area contributed by atoms with Gasteiger partial charge in [0.15, 0.2) is 0 Å². The quantitative estimate of drug-likeness (QED) is 0.733. The Labute approximate surface area is 167 Å². The molecule has 0 aliphatic rings. The summed E-state index contributed by atoms with van der Waals surface area (Å²) in [5.74, 6) is 0.321. The topological polar surface area (TPSA) is 75.7 Å². The van der Waals surface area contributed by atoms with Crippen molar-refractivity contribution in [1.29, 1.82) is 0 Å². The van der Waals surface area contributed by atoms with Crippen molar-refractivity contribution in [3.63, 3.8) is 0 Å². The molecule has 2 aromatic carbocycles. The highest BCUT2D eigenvalue weighted by molar-refractivity contribution is 7.92. The SMILES string of the molecule is CCC(C(=O)NCc1ccccc1OC)N(c1ccc(C)c(C)c1)S(C)(=O)=O. The molecule has 28 heavy (non-hydrogen) atoms. The third-order valence-corrected chi connectivity index (χ3v) is 5.90. The van der Waals surface area contributed by atoms with Gasteiger partial charge in [-0.1, -0.05) is 31.2 Å². The molecule has 0 fully saturated rings. The third-order valence-electron chi connectivity index (χ3n) is 4.72. The number of carbonyl (C=O) groups excluding carboxylic acids is 1. The van der Waals surface area contributed by atoms with Crippen LogP contribution in [-0.4, -0.2) is 33.7 Å². The highest BCUT2D eigenvalue weighted by Gasteiger charge is 2.31. The van der Waals surface area contributed by atoms with E-state index in [1.54, 1.807) is 26.2 Å². The monoisotopic (exact) mass is 404 g/mol. The third kappa shape index (κ3) is 5.04. The zero-order valence-electron chi connectivity index (χ0n) is 17.0. The zero-order valence-corrected chi connectivity index (χ0v) is 17.8. The van der Waals surface area contributed by atoms with Crippen molar-refractivity contribution in [1.82, 2.24) is 5.32 Å². The number of nitrogens with one attached hydrogen (secondary N) is 1. The molecule has 2 aromatic rings. The maximum atomic E-state index is 12.9. The Morgan fingerprint density at radius 1 is 1.14 bits per heavy atom. The molecule has 0 heterocycles. The van der Waals surface area contributed by atoms with Gasteiger partial charge in [-0.3, -0.25) is 9.10 Å². The van der Waals surface area contributed by atoms with Crippen LogP contribution in [0.1, 0.15) is 30.0 Å². The number of sulfonamides is 1. The van der Waals surface area contributed by atoms with Crippen LogP contribution in [0, 0.1) is 13.8 Å². The van der Waals surface area contributed by atoms with Crippen LogP contribution in [0.15, 0.2) is 42.5 Å². The minimum atomic E-state index is -3.65. The fraction of sp³-hybridized carbons (Fsp3) is 0.381. The summed E-state index contributed by atoms with van der Waals surface area (Å²) in [6.45, 7) is 5.93. The van der Waals surface area contributed by atoms with Crippen LogP contribution in [-0.2, 0) is 21.4 Å². The van der Waals surface area contributed by atoms with Crippen molar-refractivity contribution in [3.8, 4) is 5.75 Å². The zero-order chi connectivity index (χ0) is 20.9. The molecule has 1 amide bonds. The van der Waals surface area contributed by atoms with Crippen LogP contribution < -0.4 is 14.4 Å². The summed E-state index contributed by atoms with van der Waals surface area (Å²) in [5.41, 5.74) is 3.34. The highest BCUT2D eigenvalue weighted by Crippen LogP contribution is 2.25. The van der Waals surface area contributed by atoms with Crippen molar-refractivity contribution in [2.45, 2.75) is 39.8 Å². The van der Waals surface area contributed by atoms with E-state index in [0.717, 1.165) is 22.9 Å². The first kappa shape index (κ1) is 21.8. The second-order valence-electron chi connectivity index (χ2n) is 6.78. The first-order valence-electron chi connectivity index (χ1n) is 9.15. The van der Waals surface area contributed by atoms with Crippen molar-refractivity contribution < 1.29 is 17.9 Å². The normalized spacial score (nSPS) is 12.3. The van der Waals surface area contributed by atoms with Gasteiger partial charge >= 0.3 is 0 Å². The Morgan fingerprint density at radius 3 is 2.39 bits per heavy atom. The minimum absolute atomic E-state index is 0.254. The lowest BCUT2D eigenvalue weighted by molar-refractivity contribution is -0.122. The molecule has 0 bridgehead atoms. The van der Waals surface area contributed by atoms with Crippen LogP contribution in [0.3, 0.4) is 0 Å². The maximum absolute atomic E-state index is 12.9. The predicted molar refractivity (Wildman–Crippen MR) is 112 cm³/mol. The van der Waals surface area contributed by atoms with E-state index in [9.17, 15) is 13.2 Å². The van der Waals surface area contributed by atoms with Crippen molar-refractivity contribution in [2.24, 2.45) is 0 Å². The Kier molecular flexibility index (Phi) is 7.07. The average molecular weight is 405 g/mol. The van der Waals surface area contributed by atoms with E-state index in [-0.39, 0.29) is 12.5 Å². The molecule has 0 saturated carbocycles. The van der Waals surface area contributed by atoms with Crippen LogP contribution in [0.25, 0.3) is 0 Å². The number of nitrogens with zero attached hydrogens (tertiary/aromatic N) is 1. The number of ether oxygens (including phenoxy) is 1. The fourth-order valence-electron chi connectivity index (χ4n) is 3.07. The average Bonchev–Trinajstić information content (AvgIpc) is 2.65. The van der Waals surface area contributed by atoms with Gasteiger partial charge in [-0.2, -0.15) is 0 Å². The minimum Gasteiger partial charge on any atom is -0.496 e. The van der Waals surface area contributed by atoms with Crippen LogP contribution >= 0.6 is 0 Å². The number of hydrogen-bond donors (Lipinski definition) is 1. The van der Waals surface area contributed by atoms with Gasteiger partial charge in [0.1, 0.15) is 11.8 Å². The number of aryl methyl sites for hydroxylation is 2. The van der Waals surface area contributed by atoms with Gasteiger partial charge < -0.3 is 10.1 Å². The molecule has 0 radical (unpaired) electrons. The second-order valence-corrected chi connectivity index (χ2v) is 8.64. The fourth-order valence-corrected chi connectivity index (χ4v) is 4.28. The second kappa shape index (κ2) is 9.10. The van der Waals surface area contributed by atoms with Gasteiger partial charge in [0.05, 0.1) is 19.1 Å². The first-order chi connectivity index (χ1) is 13.2. The van der Waals surface area contributed by atoms with Crippen LogP contribution in [0.5, 0.6) is 5.75 Å². The summed E-state index contributed by atoms with van der Waals surface area (Å²) >= 11 is 0. The van der Waals surface area contributed by atoms with E-state index >= 15 is 0 Å². The molecule has 1 atom stereocenters. The standard InChI is InChI=1S/C21H28N2O4S/c1-6-19(21(24)22-14-17-9-7-8-10-20(17)27-4)23(28(5,25)26)18-12-11-15(2)16(3)13-18/h7-13,19H,6,14H2,1-5H3,(H,22,24). The molecule has 0 aliphatic heterocycles.